The lowest BCUT2D eigenvalue weighted by atomic mass is 9.92. The van der Waals surface area contributed by atoms with Crippen molar-refractivity contribution in [3.05, 3.63) is 125 Å². The van der Waals surface area contributed by atoms with Crippen LogP contribution in [0.5, 0.6) is 5.88 Å². The molecule has 0 bridgehead atoms. The summed E-state index contributed by atoms with van der Waals surface area (Å²) in [6.45, 7) is 1.44. The summed E-state index contributed by atoms with van der Waals surface area (Å²) in [5.41, 5.74) is 6.03. The minimum atomic E-state index is 0.251. The van der Waals surface area contributed by atoms with E-state index in [2.05, 4.69) is 96.0 Å². The molecule has 0 amide bonds. The highest BCUT2D eigenvalue weighted by molar-refractivity contribution is 5.79. The predicted octanol–water partition coefficient (Wildman–Crippen LogP) is 7.08. The van der Waals surface area contributed by atoms with Crippen LogP contribution < -0.4 is 4.74 Å². The Morgan fingerprint density at radius 2 is 1.57 bits per heavy atom. The van der Waals surface area contributed by atoms with Gasteiger partial charge in [0.2, 0.25) is 0 Å². The average molecular weight is 465 g/mol. The molecular weight excluding hydrogens is 432 g/mol. The van der Waals surface area contributed by atoms with E-state index >= 15 is 0 Å². The number of ether oxygens (including phenoxy) is 1. The highest BCUT2D eigenvalue weighted by Gasteiger charge is 2.31. The molecule has 5 rings (SSSR count). The van der Waals surface area contributed by atoms with Crippen LogP contribution in [0.25, 0.3) is 5.57 Å². The summed E-state index contributed by atoms with van der Waals surface area (Å²) in [4.78, 5) is 2.43. The normalized spacial score (nSPS) is 15.0. The summed E-state index contributed by atoms with van der Waals surface area (Å²) in [6, 6.07) is 31.7. The van der Waals surface area contributed by atoms with Gasteiger partial charge in [-0.1, -0.05) is 97.1 Å². The summed E-state index contributed by atoms with van der Waals surface area (Å²) in [5, 5.41) is 4.30. The van der Waals surface area contributed by atoms with Crippen molar-refractivity contribution in [2.24, 2.45) is 0 Å². The number of rotatable bonds is 9. The third-order valence-corrected chi connectivity index (χ3v) is 6.73. The van der Waals surface area contributed by atoms with Crippen molar-refractivity contribution in [3.8, 4) is 5.88 Å². The van der Waals surface area contributed by atoms with Crippen LogP contribution in [0, 0.1) is 0 Å². The Hall–Kier alpha value is -3.63. The zero-order valence-corrected chi connectivity index (χ0v) is 20.3. The third-order valence-electron chi connectivity index (χ3n) is 6.73. The molecule has 0 saturated carbocycles. The van der Waals surface area contributed by atoms with E-state index in [1.54, 1.807) is 0 Å². The van der Waals surface area contributed by atoms with Gasteiger partial charge in [-0.15, -0.1) is 0 Å². The summed E-state index contributed by atoms with van der Waals surface area (Å²) in [5.74, 6) is 1.62. The molecule has 1 atom stereocenters. The number of nitrogens with zero attached hydrogens (tertiary/aromatic N) is 2. The molecule has 1 unspecified atom stereocenters. The van der Waals surface area contributed by atoms with Crippen molar-refractivity contribution < 1.29 is 9.26 Å². The van der Waals surface area contributed by atoms with Gasteiger partial charge in [0.05, 0.1) is 5.56 Å². The molecule has 178 valence electrons. The molecule has 4 aromatic rings. The first-order chi connectivity index (χ1) is 17.3. The van der Waals surface area contributed by atoms with E-state index < -0.39 is 0 Å². The van der Waals surface area contributed by atoms with Gasteiger partial charge in [0.15, 0.2) is 0 Å². The van der Waals surface area contributed by atoms with Crippen LogP contribution in [-0.4, -0.2) is 23.6 Å². The molecule has 0 N–H and O–H groups in total. The van der Waals surface area contributed by atoms with Crippen molar-refractivity contribution in [2.75, 3.05) is 13.6 Å². The SMILES string of the molecule is CN(CCC=C(c1ccccc1)c1ccccc1)C1CCCc2onc(OCc3ccccc3)c21. The number of hydrogen-bond acceptors (Lipinski definition) is 4. The number of aryl methyl sites for hydroxylation is 1. The minimum Gasteiger partial charge on any atom is -0.470 e. The Morgan fingerprint density at radius 3 is 2.23 bits per heavy atom. The molecule has 4 nitrogen and oxygen atoms in total. The number of benzene rings is 3. The molecule has 0 fully saturated rings. The lowest BCUT2D eigenvalue weighted by Crippen LogP contribution is -2.28. The second kappa shape index (κ2) is 11.2. The maximum atomic E-state index is 6.13. The second-order valence-electron chi connectivity index (χ2n) is 9.13. The van der Waals surface area contributed by atoms with Gasteiger partial charge in [0, 0.05) is 19.0 Å². The molecule has 1 aliphatic rings. The highest BCUT2D eigenvalue weighted by atomic mass is 16.5. The van der Waals surface area contributed by atoms with Crippen molar-refractivity contribution in [1.82, 2.24) is 10.1 Å². The van der Waals surface area contributed by atoms with Crippen molar-refractivity contribution >= 4 is 5.57 Å². The standard InChI is InChI=1S/C31H32N2O2/c1-33(22-12-19-27(25-15-7-3-8-16-25)26-17-9-4-10-18-26)28-20-11-21-29-30(28)31(32-35-29)34-23-24-13-5-2-6-14-24/h2-10,13-19,28H,11-12,20-23H2,1H3. The maximum absolute atomic E-state index is 6.13. The molecule has 1 aromatic heterocycles. The van der Waals surface area contributed by atoms with Gasteiger partial charge in [-0.05, 0) is 53.7 Å². The first-order valence-corrected chi connectivity index (χ1v) is 12.5. The smallest absolute Gasteiger partial charge is 0.259 e. The summed E-state index contributed by atoms with van der Waals surface area (Å²) >= 11 is 0. The number of hydrogen-bond donors (Lipinski definition) is 0. The van der Waals surface area contributed by atoms with Crippen LogP contribution in [0.1, 0.15) is 53.3 Å². The summed E-state index contributed by atoms with van der Waals surface area (Å²) < 4.78 is 11.8. The minimum absolute atomic E-state index is 0.251. The van der Waals surface area contributed by atoms with Gasteiger partial charge in [-0.3, -0.25) is 4.90 Å². The van der Waals surface area contributed by atoms with Gasteiger partial charge in [-0.2, -0.15) is 0 Å². The fourth-order valence-electron chi connectivity index (χ4n) is 4.90. The van der Waals surface area contributed by atoms with E-state index in [4.69, 9.17) is 9.26 Å². The first kappa shape index (κ1) is 23.1. The molecule has 3 aromatic carbocycles. The Morgan fingerprint density at radius 1 is 0.943 bits per heavy atom. The topological polar surface area (TPSA) is 38.5 Å². The fraction of sp³-hybridized carbons (Fsp3) is 0.258. The Bertz CT molecular complexity index is 1190. The second-order valence-corrected chi connectivity index (χ2v) is 9.13. The zero-order valence-electron chi connectivity index (χ0n) is 20.3. The summed E-state index contributed by atoms with van der Waals surface area (Å²) in [7, 11) is 2.20. The molecule has 0 radical (unpaired) electrons. The van der Waals surface area contributed by atoms with E-state index in [0.717, 1.165) is 49.1 Å². The largest absolute Gasteiger partial charge is 0.470 e. The van der Waals surface area contributed by atoms with Crippen LogP contribution in [0.15, 0.2) is 102 Å². The Kier molecular flexibility index (Phi) is 7.40. The van der Waals surface area contributed by atoms with Gasteiger partial charge >= 0.3 is 0 Å². The van der Waals surface area contributed by atoms with E-state index in [-0.39, 0.29) is 6.04 Å². The number of aromatic nitrogens is 1. The highest BCUT2D eigenvalue weighted by Crippen LogP contribution is 2.39. The van der Waals surface area contributed by atoms with Crippen molar-refractivity contribution in [1.29, 1.82) is 0 Å². The van der Waals surface area contributed by atoms with Gasteiger partial charge in [-0.25, -0.2) is 0 Å². The Balaban J connectivity index is 1.30. The number of fused-ring (bicyclic) bond motifs is 1. The van der Waals surface area contributed by atoms with Crippen LogP contribution in [0.2, 0.25) is 0 Å². The quantitative estimate of drug-likeness (QED) is 0.265. The zero-order chi connectivity index (χ0) is 23.9. The van der Waals surface area contributed by atoms with Crippen molar-refractivity contribution in [3.63, 3.8) is 0 Å². The molecule has 0 saturated heterocycles. The van der Waals surface area contributed by atoms with Crippen LogP contribution in [-0.2, 0) is 13.0 Å². The van der Waals surface area contributed by atoms with E-state index in [1.165, 1.54) is 16.7 Å². The molecule has 1 aliphatic carbocycles. The van der Waals surface area contributed by atoms with Crippen molar-refractivity contribution in [2.45, 2.75) is 38.3 Å². The van der Waals surface area contributed by atoms with E-state index in [1.807, 2.05) is 18.2 Å². The third kappa shape index (κ3) is 5.55. The van der Waals surface area contributed by atoms with Crippen LogP contribution >= 0.6 is 0 Å². The average Bonchev–Trinajstić information content (AvgIpc) is 3.35. The predicted molar refractivity (Wildman–Crippen MR) is 140 cm³/mol. The van der Waals surface area contributed by atoms with Crippen LogP contribution in [0.4, 0.5) is 0 Å². The van der Waals surface area contributed by atoms with E-state index in [9.17, 15) is 0 Å². The van der Waals surface area contributed by atoms with E-state index in [0.29, 0.717) is 12.5 Å². The first-order valence-electron chi connectivity index (χ1n) is 12.5. The fourth-order valence-corrected chi connectivity index (χ4v) is 4.90. The summed E-state index contributed by atoms with van der Waals surface area (Å²) in [6.07, 6.45) is 6.43. The lowest BCUT2D eigenvalue weighted by Gasteiger charge is -2.30. The molecule has 0 aliphatic heterocycles. The maximum Gasteiger partial charge on any atom is 0.259 e. The lowest BCUT2D eigenvalue weighted by molar-refractivity contribution is 0.212. The van der Waals surface area contributed by atoms with Crippen LogP contribution in [0.3, 0.4) is 0 Å². The molecule has 35 heavy (non-hydrogen) atoms. The monoisotopic (exact) mass is 464 g/mol. The van der Waals surface area contributed by atoms with Gasteiger partial charge in [0.1, 0.15) is 12.4 Å². The molecule has 1 heterocycles. The molecule has 0 spiro atoms. The van der Waals surface area contributed by atoms with Gasteiger partial charge < -0.3 is 9.26 Å². The molecule has 4 heteroatoms. The molecular formula is C31H32N2O2. The van der Waals surface area contributed by atoms with Gasteiger partial charge in [0.25, 0.3) is 5.88 Å². The Labute approximate surface area is 207 Å².